The molecule has 0 amide bonds. The van der Waals surface area contributed by atoms with E-state index in [0.29, 0.717) is 6.42 Å². The SMILES string of the molecule is CCC(C)(NCl)C(=O)OC. The summed E-state index contributed by atoms with van der Waals surface area (Å²) >= 11 is 5.33. The molecule has 0 aromatic rings. The van der Waals surface area contributed by atoms with Crippen molar-refractivity contribution in [2.75, 3.05) is 7.11 Å². The molecule has 0 heterocycles. The smallest absolute Gasteiger partial charge is 0.326 e. The third kappa shape index (κ3) is 1.85. The molecular formula is C6H12ClNO2. The Morgan fingerprint density at radius 1 is 1.80 bits per heavy atom. The van der Waals surface area contributed by atoms with Gasteiger partial charge in [-0.2, -0.15) is 0 Å². The van der Waals surface area contributed by atoms with E-state index in [2.05, 4.69) is 9.57 Å². The van der Waals surface area contributed by atoms with Crippen molar-refractivity contribution < 1.29 is 9.53 Å². The summed E-state index contributed by atoms with van der Waals surface area (Å²) < 4.78 is 4.51. The van der Waals surface area contributed by atoms with E-state index in [1.807, 2.05) is 6.92 Å². The molecular weight excluding hydrogens is 154 g/mol. The Kier molecular flexibility index (Phi) is 3.68. The predicted octanol–water partition coefficient (Wildman–Crippen LogP) is 1.07. The monoisotopic (exact) mass is 165 g/mol. The summed E-state index contributed by atoms with van der Waals surface area (Å²) in [7, 11) is 1.34. The van der Waals surface area contributed by atoms with Gasteiger partial charge in [-0.15, -0.1) is 0 Å². The Bertz CT molecular complexity index is 123. The first kappa shape index (κ1) is 9.72. The molecule has 0 spiro atoms. The third-order valence-electron chi connectivity index (χ3n) is 1.55. The zero-order chi connectivity index (χ0) is 8.20. The van der Waals surface area contributed by atoms with Crippen LogP contribution in [0.4, 0.5) is 0 Å². The molecule has 0 saturated carbocycles. The van der Waals surface area contributed by atoms with Crippen molar-refractivity contribution in [2.45, 2.75) is 25.8 Å². The van der Waals surface area contributed by atoms with Gasteiger partial charge >= 0.3 is 5.97 Å². The summed E-state index contributed by atoms with van der Waals surface area (Å²) in [5.74, 6) is -0.343. The Morgan fingerprint density at radius 3 is 2.40 bits per heavy atom. The van der Waals surface area contributed by atoms with E-state index in [4.69, 9.17) is 11.8 Å². The first-order chi connectivity index (χ1) is 4.60. The molecule has 3 nitrogen and oxygen atoms in total. The normalized spacial score (nSPS) is 16.0. The summed E-state index contributed by atoms with van der Waals surface area (Å²) in [5.41, 5.74) is -0.754. The average Bonchev–Trinajstić information content (AvgIpc) is 2.01. The molecule has 0 radical (unpaired) electrons. The zero-order valence-electron chi connectivity index (χ0n) is 6.40. The lowest BCUT2D eigenvalue weighted by atomic mass is 10.0. The minimum Gasteiger partial charge on any atom is -0.468 e. The zero-order valence-corrected chi connectivity index (χ0v) is 7.16. The van der Waals surface area contributed by atoms with Crippen LogP contribution in [0.15, 0.2) is 0 Å². The number of carbonyl (C=O) groups is 1. The summed E-state index contributed by atoms with van der Waals surface area (Å²) in [6, 6.07) is 0. The minimum atomic E-state index is -0.754. The Hall–Kier alpha value is -0.280. The van der Waals surface area contributed by atoms with Gasteiger partial charge in [0.05, 0.1) is 7.11 Å². The maximum atomic E-state index is 10.9. The number of nitrogens with one attached hydrogen (secondary N) is 1. The van der Waals surface area contributed by atoms with Gasteiger partial charge in [-0.3, -0.25) is 4.79 Å². The van der Waals surface area contributed by atoms with Crippen molar-refractivity contribution in [3.8, 4) is 0 Å². The maximum Gasteiger partial charge on any atom is 0.326 e. The molecule has 60 valence electrons. The second kappa shape index (κ2) is 3.78. The van der Waals surface area contributed by atoms with Crippen molar-refractivity contribution in [1.29, 1.82) is 0 Å². The van der Waals surface area contributed by atoms with E-state index in [1.165, 1.54) is 7.11 Å². The van der Waals surface area contributed by atoms with Crippen LogP contribution in [0, 0.1) is 0 Å². The van der Waals surface area contributed by atoms with E-state index < -0.39 is 5.54 Å². The molecule has 0 fully saturated rings. The molecule has 0 aromatic heterocycles. The molecule has 0 aliphatic heterocycles. The Labute approximate surface area is 65.8 Å². The number of carbonyl (C=O) groups excluding carboxylic acids is 1. The van der Waals surface area contributed by atoms with Crippen molar-refractivity contribution in [2.24, 2.45) is 0 Å². The Balaban J connectivity index is 4.17. The molecule has 1 atom stereocenters. The van der Waals surface area contributed by atoms with Gasteiger partial charge in [-0.1, -0.05) is 6.92 Å². The number of ether oxygens (including phenoxy) is 1. The van der Waals surface area contributed by atoms with Crippen LogP contribution in [-0.4, -0.2) is 18.6 Å². The molecule has 0 saturated heterocycles. The fraction of sp³-hybridized carbons (Fsp3) is 0.833. The van der Waals surface area contributed by atoms with Crippen LogP contribution in [0.25, 0.3) is 0 Å². The van der Waals surface area contributed by atoms with Gasteiger partial charge in [0, 0.05) is 0 Å². The van der Waals surface area contributed by atoms with Gasteiger partial charge in [-0.25, -0.2) is 4.84 Å². The summed E-state index contributed by atoms with van der Waals surface area (Å²) in [6.07, 6.45) is 0.600. The number of methoxy groups -OCH3 is 1. The molecule has 0 bridgehead atoms. The van der Waals surface area contributed by atoms with E-state index in [9.17, 15) is 4.79 Å². The van der Waals surface area contributed by atoms with Crippen LogP contribution >= 0.6 is 11.8 Å². The van der Waals surface area contributed by atoms with Gasteiger partial charge in [0.2, 0.25) is 0 Å². The summed E-state index contributed by atoms with van der Waals surface area (Å²) in [4.78, 5) is 13.3. The number of hydrogen-bond acceptors (Lipinski definition) is 3. The van der Waals surface area contributed by atoms with Gasteiger partial charge in [0.25, 0.3) is 0 Å². The molecule has 0 aliphatic carbocycles. The molecule has 1 unspecified atom stereocenters. The number of hydrogen-bond donors (Lipinski definition) is 1. The average molecular weight is 166 g/mol. The highest BCUT2D eigenvalue weighted by Crippen LogP contribution is 2.11. The molecule has 4 heteroatoms. The fourth-order valence-electron chi connectivity index (χ4n) is 0.475. The van der Waals surface area contributed by atoms with Crippen molar-refractivity contribution in [3.63, 3.8) is 0 Å². The highest BCUT2D eigenvalue weighted by molar-refractivity contribution is 6.15. The lowest BCUT2D eigenvalue weighted by Crippen LogP contribution is -2.45. The van der Waals surface area contributed by atoms with Crippen LogP contribution in [0.1, 0.15) is 20.3 Å². The predicted molar refractivity (Wildman–Crippen MR) is 39.7 cm³/mol. The first-order valence-corrected chi connectivity index (χ1v) is 3.44. The van der Waals surface area contributed by atoms with Crippen LogP contribution < -0.4 is 4.84 Å². The van der Waals surface area contributed by atoms with Crippen LogP contribution in [0.3, 0.4) is 0 Å². The van der Waals surface area contributed by atoms with Gasteiger partial charge in [-0.05, 0) is 25.1 Å². The second-order valence-electron chi connectivity index (χ2n) is 2.27. The van der Waals surface area contributed by atoms with Gasteiger partial charge in [0.1, 0.15) is 5.54 Å². The molecule has 1 N–H and O–H groups in total. The lowest BCUT2D eigenvalue weighted by Gasteiger charge is -2.21. The van der Waals surface area contributed by atoms with Crippen LogP contribution in [0.5, 0.6) is 0 Å². The molecule has 10 heavy (non-hydrogen) atoms. The van der Waals surface area contributed by atoms with Crippen LogP contribution in [0.2, 0.25) is 0 Å². The number of halogens is 1. The highest BCUT2D eigenvalue weighted by Gasteiger charge is 2.31. The Morgan fingerprint density at radius 2 is 2.30 bits per heavy atom. The molecule has 0 rings (SSSR count). The highest BCUT2D eigenvalue weighted by atomic mass is 35.5. The van der Waals surface area contributed by atoms with Gasteiger partial charge in [0.15, 0.2) is 0 Å². The maximum absolute atomic E-state index is 10.9. The van der Waals surface area contributed by atoms with Crippen LogP contribution in [-0.2, 0) is 9.53 Å². The summed E-state index contributed by atoms with van der Waals surface area (Å²) in [5, 5.41) is 0. The lowest BCUT2D eigenvalue weighted by molar-refractivity contribution is -0.147. The number of rotatable bonds is 3. The quantitative estimate of drug-likeness (QED) is 0.502. The number of esters is 1. The standard InChI is InChI=1S/C6H12ClNO2/c1-4-6(2,8-7)5(9)10-3/h8H,4H2,1-3H3. The minimum absolute atomic E-state index is 0.343. The van der Waals surface area contributed by atoms with Crippen molar-refractivity contribution in [1.82, 2.24) is 4.84 Å². The topological polar surface area (TPSA) is 38.3 Å². The van der Waals surface area contributed by atoms with E-state index in [1.54, 1.807) is 6.92 Å². The largest absolute Gasteiger partial charge is 0.468 e. The fourth-order valence-corrected chi connectivity index (χ4v) is 0.686. The first-order valence-electron chi connectivity index (χ1n) is 3.07. The molecule has 0 aliphatic rings. The van der Waals surface area contributed by atoms with E-state index >= 15 is 0 Å². The van der Waals surface area contributed by atoms with E-state index in [0.717, 1.165) is 0 Å². The van der Waals surface area contributed by atoms with Crippen molar-refractivity contribution >= 4 is 17.7 Å². The third-order valence-corrected chi connectivity index (χ3v) is 1.97. The van der Waals surface area contributed by atoms with Gasteiger partial charge < -0.3 is 4.74 Å². The van der Waals surface area contributed by atoms with E-state index in [-0.39, 0.29) is 5.97 Å². The second-order valence-corrected chi connectivity index (χ2v) is 2.46. The summed E-state index contributed by atoms with van der Waals surface area (Å²) in [6.45, 7) is 3.54. The van der Waals surface area contributed by atoms with Crippen molar-refractivity contribution in [3.05, 3.63) is 0 Å². The molecule has 0 aromatic carbocycles.